The first kappa shape index (κ1) is 13.8. The third kappa shape index (κ3) is 3.03. The zero-order chi connectivity index (χ0) is 13.7. The summed E-state index contributed by atoms with van der Waals surface area (Å²) in [7, 11) is 3.36. The molecule has 3 nitrogen and oxygen atoms in total. The Hall–Kier alpha value is -1.64. The van der Waals surface area contributed by atoms with E-state index in [1.165, 1.54) is 30.5 Å². The van der Waals surface area contributed by atoms with Crippen molar-refractivity contribution < 1.29 is 9.47 Å². The maximum atomic E-state index is 5.42. The first-order chi connectivity index (χ1) is 9.30. The van der Waals surface area contributed by atoms with Crippen molar-refractivity contribution in [3.05, 3.63) is 30.4 Å². The lowest BCUT2D eigenvalue weighted by Gasteiger charge is -2.31. The van der Waals surface area contributed by atoms with Crippen molar-refractivity contribution in [2.75, 3.05) is 32.2 Å². The van der Waals surface area contributed by atoms with Gasteiger partial charge >= 0.3 is 0 Å². The van der Waals surface area contributed by atoms with Gasteiger partial charge in [-0.15, -0.1) is 6.58 Å². The quantitative estimate of drug-likeness (QED) is 0.758. The Balaban J connectivity index is 2.40. The fraction of sp³-hybridized carbons (Fsp3) is 0.500. The minimum Gasteiger partial charge on any atom is -0.493 e. The summed E-state index contributed by atoms with van der Waals surface area (Å²) < 4.78 is 10.8. The van der Waals surface area contributed by atoms with Crippen molar-refractivity contribution in [1.82, 2.24) is 0 Å². The van der Waals surface area contributed by atoms with Crippen LogP contribution >= 0.6 is 0 Å². The van der Waals surface area contributed by atoms with Crippen LogP contribution in [0.5, 0.6) is 11.5 Å². The van der Waals surface area contributed by atoms with Gasteiger partial charge in [-0.25, -0.2) is 0 Å². The van der Waals surface area contributed by atoms with Crippen molar-refractivity contribution in [2.24, 2.45) is 0 Å². The summed E-state index contributed by atoms with van der Waals surface area (Å²) in [4.78, 5) is 2.45. The average molecular weight is 261 g/mol. The van der Waals surface area contributed by atoms with E-state index >= 15 is 0 Å². The standard InChI is InChI=1S/C16H23NO2/c1-4-8-13-11-15(18-2)16(19-3)12-14(13)17-9-6-5-7-10-17/h4,11-12H,1,5-10H2,2-3H3. The number of methoxy groups -OCH3 is 2. The lowest BCUT2D eigenvalue weighted by molar-refractivity contribution is 0.354. The molecule has 1 saturated heterocycles. The van der Waals surface area contributed by atoms with Gasteiger partial charge in [-0.3, -0.25) is 0 Å². The molecule has 0 aliphatic carbocycles. The summed E-state index contributed by atoms with van der Waals surface area (Å²) in [6.45, 7) is 6.10. The van der Waals surface area contributed by atoms with Crippen molar-refractivity contribution in [3.63, 3.8) is 0 Å². The molecular formula is C16H23NO2. The van der Waals surface area contributed by atoms with Gasteiger partial charge in [0.2, 0.25) is 0 Å². The topological polar surface area (TPSA) is 21.7 Å². The van der Waals surface area contributed by atoms with E-state index in [-0.39, 0.29) is 0 Å². The largest absolute Gasteiger partial charge is 0.493 e. The Bertz CT molecular complexity index is 437. The number of nitrogens with zero attached hydrogens (tertiary/aromatic N) is 1. The number of benzene rings is 1. The molecule has 0 N–H and O–H groups in total. The van der Waals surface area contributed by atoms with E-state index in [4.69, 9.17) is 9.47 Å². The van der Waals surface area contributed by atoms with Gasteiger partial charge in [0.05, 0.1) is 14.2 Å². The van der Waals surface area contributed by atoms with Crippen LogP contribution < -0.4 is 14.4 Å². The molecule has 3 heteroatoms. The molecule has 1 aromatic carbocycles. The summed E-state index contributed by atoms with van der Waals surface area (Å²) in [6, 6.07) is 4.17. The molecule has 0 amide bonds. The Morgan fingerprint density at radius 1 is 1.11 bits per heavy atom. The summed E-state index contributed by atoms with van der Waals surface area (Å²) in [5.41, 5.74) is 2.52. The van der Waals surface area contributed by atoms with Crippen LogP contribution in [0.15, 0.2) is 24.8 Å². The maximum Gasteiger partial charge on any atom is 0.162 e. The van der Waals surface area contributed by atoms with Crippen molar-refractivity contribution >= 4 is 5.69 Å². The number of allylic oxidation sites excluding steroid dienone is 1. The summed E-state index contributed by atoms with van der Waals surface area (Å²) in [5.74, 6) is 1.59. The van der Waals surface area contributed by atoms with E-state index in [9.17, 15) is 0 Å². The third-order valence-corrected chi connectivity index (χ3v) is 3.65. The Kier molecular flexibility index (Phi) is 4.72. The van der Waals surface area contributed by atoms with E-state index in [2.05, 4.69) is 23.6 Å². The molecule has 104 valence electrons. The van der Waals surface area contributed by atoms with Gasteiger partial charge in [0, 0.05) is 24.8 Å². The van der Waals surface area contributed by atoms with E-state index in [0.717, 1.165) is 31.0 Å². The van der Waals surface area contributed by atoms with E-state index < -0.39 is 0 Å². The normalized spacial score (nSPS) is 15.2. The van der Waals surface area contributed by atoms with Crippen molar-refractivity contribution in [1.29, 1.82) is 0 Å². The first-order valence-corrected chi connectivity index (χ1v) is 6.91. The summed E-state index contributed by atoms with van der Waals surface area (Å²) >= 11 is 0. The Morgan fingerprint density at radius 2 is 1.74 bits per heavy atom. The molecule has 0 spiro atoms. The lowest BCUT2D eigenvalue weighted by atomic mass is 10.0. The van der Waals surface area contributed by atoms with Crippen LogP contribution in [0.3, 0.4) is 0 Å². The maximum absolute atomic E-state index is 5.42. The minimum absolute atomic E-state index is 0.792. The van der Waals surface area contributed by atoms with Crippen LogP contribution in [-0.4, -0.2) is 27.3 Å². The zero-order valence-corrected chi connectivity index (χ0v) is 11.9. The van der Waals surface area contributed by atoms with Crippen LogP contribution in [-0.2, 0) is 6.42 Å². The molecule has 0 saturated carbocycles. The molecule has 19 heavy (non-hydrogen) atoms. The predicted octanol–water partition coefficient (Wildman–Crippen LogP) is 3.42. The summed E-state index contributed by atoms with van der Waals surface area (Å²) in [6.07, 6.45) is 6.66. The number of rotatable bonds is 5. The second kappa shape index (κ2) is 6.50. The highest BCUT2D eigenvalue weighted by Crippen LogP contribution is 2.36. The van der Waals surface area contributed by atoms with E-state index in [1.807, 2.05) is 6.08 Å². The molecule has 0 radical (unpaired) electrons. The second-order valence-corrected chi connectivity index (χ2v) is 4.88. The number of piperidine rings is 1. The van der Waals surface area contributed by atoms with E-state index in [1.54, 1.807) is 14.2 Å². The molecule has 0 atom stereocenters. The predicted molar refractivity (Wildman–Crippen MR) is 79.5 cm³/mol. The zero-order valence-electron chi connectivity index (χ0n) is 11.9. The molecule has 1 aromatic rings. The van der Waals surface area contributed by atoms with Gasteiger partial charge in [0.1, 0.15) is 0 Å². The van der Waals surface area contributed by atoms with Gasteiger partial charge in [-0.1, -0.05) is 6.08 Å². The fourth-order valence-corrected chi connectivity index (χ4v) is 2.66. The third-order valence-electron chi connectivity index (χ3n) is 3.65. The molecule has 1 heterocycles. The fourth-order valence-electron chi connectivity index (χ4n) is 2.66. The molecule has 0 unspecified atom stereocenters. The first-order valence-electron chi connectivity index (χ1n) is 6.91. The SMILES string of the molecule is C=CCc1cc(OC)c(OC)cc1N1CCCCC1. The van der Waals surface area contributed by atoms with Crippen LogP contribution in [0.25, 0.3) is 0 Å². The monoisotopic (exact) mass is 261 g/mol. The van der Waals surface area contributed by atoms with Crippen LogP contribution in [0.2, 0.25) is 0 Å². The lowest BCUT2D eigenvalue weighted by Crippen LogP contribution is -2.30. The molecule has 0 bridgehead atoms. The number of ether oxygens (including phenoxy) is 2. The van der Waals surface area contributed by atoms with E-state index in [0.29, 0.717) is 0 Å². The number of anilines is 1. The van der Waals surface area contributed by atoms with Crippen LogP contribution in [0, 0.1) is 0 Å². The van der Waals surface area contributed by atoms with Gasteiger partial charge < -0.3 is 14.4 Å². The van der Waals surface area contributed by atoms with Gasteiger partial charge in [-0.05, 0) is 37.3 Å². The highest BCUT2D eigenvalue weighted by molar-refractivity contribution is 5.62. The minimum atomic E-state index is 0.792. The highest BCUT2D eigenvalue weighted by atomic mass is 16.5. The van der Waals surface area contributed by atoms with Crippen molar-refractivity contribution in [2.45, 2.75) is 25.7 Å². The molecule has 2 rings (SSSR count). The van der Waals surface area contributed by atoms with Crippen LogP contribution in [0.1, 0.15) is 24.8 Å². The Morgan fingerprint density at radius 3 is 2.32 bits per heavy atom. The number of hydrogen-bond donors (Lipinski definition) is 0. The molecule has 1 aliphatic heterocycles. The van der Waals surface area contributed by atoms with Crippen LogP contribution in [0.4, 0.5) is 5.69 Å². The summed E-state index contributed by atoms with van der Waals surface area (Å²) in [5, 5.41) is 0. The van der Waals surface area contributed by atoms with Gasteiger partial charge in [0.15, 0.2) is 11.5 Å². The number of hydrogen-bond acceptors (Lipinski definition) is 3. The second-order valence-electron chi connectivity index (χ2n) is 4.88. The molecule has 1 fully saturated rings. The average Bonchev–Trinajstić information content (AvgIpc) is 2.48. The molecule has 1 aliphatic rings. The highest BCUT2D eigenvalue weighted by Gasteiger charge is 2.17. The smallest absolute Gasteiger partial charge is 0.162 e. The molecular weight excluding hydrogens is 238 g/mol. The molecule has 0 aromatic heterocycles. The Labute approximate surface area is 115 Å². The van der Waals surface area contributed by atoms with Gasteiger partial charge in [-0.2, -0.15) is 0 Å². The van der Waals surface area contributed by atoms with Gasteiger partial charge in [0.25, 0.3) is 0 Å². The van der Waals surface area contributed by atoms with Crippen molar-refractivity contribution in [3.8, 4) is 11.5 Å².